The van der Waals surface area contributed by atoms with Gasteiger partial charge >= 0.3 is 5.97 Å². The van der Waals surface area contributed by atoms with Crippen LogP contribution in [0.4, 0.5) is 0 Å². The normalized spacial score (nSPS) is 11.8. The first-order chi connectivity index (χ1) is 6.07. The summed E-state index contributed by atoms with van der Waals surface area (Å²) in [5, 5.41) is 0.925. The van der Waals surface area contributed by atoms with Crippen LogP contribution in [0.15, 0.2) is 0 Å². The molecular weight excluding hydrogens is 192 g/mol. The van der Waals surface area contributed by atoms with Crippen LogP contribution >= 0.6 is 0 Å². The first-order valence-corrected chi connectivity index (χ1v) is 5.31. The third kappa shape index (κ3) is 6.33. The largest absolute Gasteiger partial charge is 0.465 e. The quantitative estimate of drug-likeness (QED) is 0.376. The third-order valence-electron chi connectivity index (χ3n) is 1.43. The van der Waals surface area contributed by atoms with Crippen LogP contribution in [0.25, 0.3) is 0 Å². The molecule has 1 unspecified atom stereocenters. The van der Waals surface area contributed by atoms with Crippen molar-refractivity contribution in [3.8, 4) is 0 Å². The molecule has 76 valence electrons. The SMILES string of the molecule is CCCCOC(=O)C(C)C=S(=O)=O. The van der Waals surface area contributed by atoms with Crippen LogP contribution in [0.3, 0.4) is 0 Å². The van der Waals surface area contributed by atoms with E-state index in [1.165, 1.54) is 6.92 Å². The average molecular weight is 206 g/mol. The summed E-state index contributed by atoms with van der Waals surface area (Å²) in [6, 6.07) is 0. The minimum Gasteiger partial charge on any atom is -0.465 e. The van der Waals surface area contributed by atoms with E-state index in [4.69, 9.17) is 4.74 Å². The molecule has 0 aliphatic carbocycles. The molecule has 5 heteroatoms. The zero-order valence-corrected chi connectivity index (χ0v) is 8.63. The molecule has 0 amide bonds. The summed E-state index contributed by atoms with van der Waals surface area (Å²) >= 11 is 0. The van der Waals surface area contributed by atoms with Gasteiger partial charge in [-0.2, -0.15) is 8.42 Å². The van der Waals surface area contributed by atoms with Gasteiger partial charge in [0.15, 0.2) is 0 Å². The molecule has 0 aromatic rings. The Hall–Kier alpha value is -0.840. The van der Waals surface area contributed by atoms with Gasteiger partial charge in [-0.3, -0.25) is 4.79 Å². The molecule has 0 heterocycles. The molecule has 0 aromatic carbocycles. The van der Waals surface area contributed by atoms with Crippen molar-refractivity contribution in [2.45, 2.75) is 26.7 Å². The van der Waals surface area contributed by atoms with Crippen LogP contribution in [0.5, 0.6) is 0 Å². The number of carbonyl (C=O) groups excluding carboxylic acids is 1. The van der Waals surface area contributed by atoms with Crippen LogP contribution in [-0.4, -0.2) is 26.4 Å². The second-order valence-electron chi connectivity index (χ2n) is 2.71. The highest BCUT2D eigenvalue weighted by Crippen LogP contribution is 1.96. The molecule has 0 fully saturated rings. The number of hydrogen-bond acceptors (Lipinski definition) is 4. The van der Waals surface area contributed by atoms with Crippen LogP contribution in [-0.2, 0) is 19.8 Å². The van der Waals surface area contributed by atoms with Gasteiger partial charge in [0.1, 0.15) is 0 Å². The fraction of sp³-hybridized carbons (Fsp3) is 0.750. The molecule has 0 aliphatic rings. The van der Waals surface area contributed by atoms with Gasteiger partial charge < -0.3 is 4.74 Å². The molecule has 0 saturated carbocycles. The number of hydrogen-bond donors (Lipinski definition) is 0. The first-order valence-electron chi connectivity index (χ1n) is 4.17. The third-order valence-corrected chi connectivity index (χ3v) is 2.06. The molecule has 0 bridgehead atoms. The van der Waals surface area contributed by atoms with Gasteiger partial charge in [0, 0.05) is 5.37 Å². The molecule has 0 rings (SSSR count). The number of unbranched alkanes of at least 4 members (excludes halogenated alkanes) is 1. The van der Waals surface area contributed by atoms with E-state index in [2.05, 4.69) is 0 Å². The summed E-state index contributed by atoms with van der Waals surface area (Å²) in [5.41, 5.74) is 0. The Morgan fingerprint density at radius 1 is 1.54 bits per heavy atom. The number of esters is 1. The van der Waals surface area contributed by atoms with E-state index >= 15 is 0 Å². The molecular formula is C8H14O4S. The Morgan fingerprint density at radius 2 is 2.15 bits per heavy atom. The Labute approximate surface area is 79.4 Å². The highest BCUT2D eigenvalue weighted by atomic mass is 32.2. The maximum absolute atomic E-state index is 11.0. The monoisotopic (exact) mass is 206 g/mol. The summed E-state index contributed by atoms with van der Waals surface area (Å²) in [7, 11) is -2.30. The number of rotatable bonds is 5. The van der Waals surface area contributed by atoms with Crippen molar-refractivity contribution in [1.29, 1.82) is 0 Å². The van der Waals surface area contributed by atoms with E-state index in [-0.39, 0.29) is 0 Å². The highest BCUT2D eigenvalue weighted by Gasteiger charge is 2.11. The van der Waals surface area contributed by atoms with Gasteiger partial charge in [-0.1, -0.05) is 13.3 Å². The van der Waals surface area contributed by atoms with Gasteiger partial charge in [0.2, 0.25) is 10.3 Å². The lowest BCUT2D eigenvalue weighted by atomic mass is 10.2. The van der Waals surface area contributed by atoms with E-state index in [1.54, 1.807) is 0 Å². The van der Waals surface area contributed by atoms with Crippen LogP contribution in [0.1, 0.15) is 26.7 Å². The molecule has 0 spiro atoms. The van der Waals surface area contributed by atoms with Gasteiger partial charge in [-0.25, -0.2) is 0 Å². The second-order valence-corrected chi connectivity index (χ2v) is 3.50. The zero-order valence-electron chi connectivity index (χ0n) is 7.82. The van der Waals surface area contributed by atoms with Gasteiger partial charge in [0.05, 0.1) is 12.5 Å². The molecule has 0 N–H and O–H groups in total. The van der Waals surface area contributed by atoms with Crippen molar-refractivity contribution in [2.24, 2.45) is 5.92 Å². The van der Waals surface area contributed by atoms with Crippen molar-refractivity contribution in [2.75, 3.05) is 6.61 Å². The van der Waals surface area contributed by atoms with Gasteiger partial charge in [-0.05, 0) is 13.3 Å². The summed E-state index contributed by atoms with van der Waals surface area (Å²) in [5.74, 6) is -1.17. The topological polar surface area (TPSA) is 60.4 Å². The summed E-state index contributed by atoms with van der Waals surface area (Å²) < 4.78 is 25.2. The molecule has 0 saturated heterocycles. The molecule has 0 aliphatic heterocycles. The fourth-order valence-electron chi connectivity index (χ4n) is 0.671. The Bertz CT molecular complexity index is 271. The van der Waals surface area contributed by atoms with E-state index in [0.29, 0.717) is 6.61 Å². The lowest BCUT2D eigenvalue weighted by molar-refractivity contribution is -0.145. The van der Waals surface area contributed by atoms with Crippen molar-refractivity contribution >= 4 is 21.6 Å². The number of carbonyl (C=O) groups is 1. The number of ether oxygens (including phenoxy) is 1. The van der Waals surface area contributed by atoms with E-state index < -0.39 is 22.2 Å². The maximum atomic E-state index is 11.0. The maximum Gasteiger partial charge on any atom is 0.313 e. The lowest BCUT2D eigenvalue weighted by Gasteiger charge is -2.05. The minimum atomic E-state index is -2.30. The fourth-order valence-corrected chi connectivity index (χ4v) is 1.12. The van der Waals surface area contributed by atoms with Crippen LogP contribution < -0.4 is 0 Å². The Kier molecular flexibility index (Phi) is 6.22. The predicted octanol–water partition coefficient (Wildman–Crippen LogP) is 0.647. The summed E-state index contributed by atoms with van der Waals surface area (Å²) in [6.45, 7) is 3.83. The lowest BCUT2D eigenvalue weighted by Crippen LogP contribution is -2.16. The Morgan fingerprint density at radius 3 is 2.62 bits per heavy atom. The van der Waals surface area contributed by atoms with E-state index in [0.717, 1.165) is 18.2 Å². The van der Waals surface area contributed by atoms with Gasteiger partial charge in [0.25, 0.3) is 0 Å². The summed E-state index contributed by atoms with van der Waals surface area (Å²) in [6.07, 6.45) is 1.75. The van der Waals surface area contributed by atoms with E-state index in [1.807, 2.05) is 6.92 Å². The zero-order chi connectivity index (χ0) is 10.3. The average Bonchev–Trinajstić information content (AvgIpc) is 2.03. The molecule has 0 aromatic heterocycles. The first kappa shape index (κ1) is 12.2. The van der Waals surface area contributed by atoms with Crippen molar-refractivity contribution in [1.82, 2.24) is 0 Å². The van der Waals surface area contributed by atoms with Crippen LogP contribution in [0.2, 0.25) is 0 Å². The molecule has 0 radical (unpaired) electrons. The standard InChI is InChI=1S/C8H14O4S/c1-3-4-5-12-8(9)7(2)6-13(10)11/h6-7H,3-5H2,1-2H3. The summed E-state index contributed by atoms with van der Waals surface area (Å²) in [4.78, 5) is 11.0. The van der Waals surface area contributed by atoms with Crippen molar-refractivity contribution < 1.29 is 17.9 Å². The second kappa shape index (κ2) is 6.65. The molecule has 13 heavy (non-hydrogen) atoms. The van der Waals surface area contributed by atoms with Crippen molar-refractivity contribution in [3.05, 3.63) is 0 Å². The van der Waals surface area contributed by atoms with Crippen molar-refractivity contribution in [3.63, 3.8) is 0 Å². The smallest absolute Gasteiger partial charge is 0.313 e. The van der Waals surface area contributed by atoms with E-state index in [9.17, 15) is 13.2 Å². The molecule has 1 atom stereocenters. The highest BCUT2D eigenvalue weighted by molar-refractivity contribution is 7.71. The Balaban J connectivity index is 3.90. The molecule has 4 nitrogen and oxygen atoms in total. The van der Waals surface area contributed by atoms with Crippen LogP contribution in [0, 0.1) is 5.92 Å². The predicted molar refractivity (Wildman–Crippen MR) is 50.0 cm³/mol. The van der Waals surface area contributed by atoms with Gasteiger partial charge in [-0.15, -0.1) is 0 Å². The minimum absolute atomic E-state index is 0.360.